The van der Waals surface area contributed by atoms with Gasteiger partial charge in [0.05, 0.1) is 6.10 Å². The molecule has 0 spiro atoms. The molecule has 0 bridgehead atoms. The normalized spacial score (nSPS) is 15.8. The van der Waals surface area contributed by atoms with Gasteiger partial charge < -0.3 is 15.7 Å². The molecular formula is C13H26N2O3. The molecule has 0 aromatic rings. The summed E-state index contributed by atoms with van der Waals surface area (Å²) in [5, 5.41) is 14.9. The second kappa shape index (κ2) is 5.69. The monoisotopic (exact) mass is 258 g/mol. The van der Waals surface area contributed by atoms with E-state index in [-0.39, 0.29) is 11.8 Å². The zero-order chi connectivity index (χ0) is 14.7. The van der Waals surface area contributed by atoms with E-state index in [0.717, 1.165) is 0 Å². The van der Waals surface area contributed by atoms with Gasteiger partial charge in [-0.05, 0) is 27.7 Å². The predicted molar refractivity (Wildman–Crippen MR) is 71.0 cm³/mol. The summed E-state index contributed by atoms with van der Waals surface area (Å²) >= 11 is 0. The van der Waals surface area contributed by atoms with Crippen LogP contribution in [0.3, 0.4) is 0 Å². The summed E-state index contributed by atoms with van der Waals surface area (Å²) < 4.78 is 0. The van der Waals surface area contributed by atoms with Crippen molar-refractivity contribution in [1.29, 1.82) is 0 Å². The summed E-state index contributed by atoms with van der Waals surface area (Å²) in [5.41, 5.74) is -1.01. The van der Waals surface area contributed by atoms with Gasteiger partial charge in [0.25, 0.3) is 0 Å². The number of nitrogens with one attached hydrogen (secondary N) is 2. The highest BCUT2D eigenvalue weighted by molar-refractivity contribution is 5.90. The second-order valence-corrected chi connectivity index (χ2v) is 6.68. The van der Waals surface area contributed by atoms with E-state index in [1.54, 1.807) is 20.8 Å². The van der Waals surface area contributed by atoms with Crippen LogP contribution in [-0.2, 0) is 9.59 Å². The number of carbonyl (C=O) groups is 2. The number of carbonyl (C=O) groups excluding carboxylic acids is 2. The third kappa shape index (κ3) is 6.00. The molecule has 0 saturated heterocycles. The van der Waals surface area contributed by atoms with Gasteiger partial charge in [0.2, 0.25) is 11.8 Å². The van der Waals surface area contributed by atoms with E-state index in [0.29, 0.717) is 0 Å². The number of aliphatic hydroxyl groups is 1. The van der Waals surface area contributed by atoms with E-state index in [2.05, 4.69) is 10.6 Å². The maximum absolute atomic E-state index is 12.0. The first-order valence-corrected chi connectivity index (χ1v) is 6.15. The van der Waals surface area contributed by atoms with Crippen molar-refractivity contribution >= 4 is 11.8 Å². The highest BCUT2D eigenvalue weighted by atomic mass is 16.3. The van der Waals surface area contributed by atoms with Gasteiger partial charge in [-0.25, -0.2) is 0 Å². The minimum Gasteiger partial charge on any atom is -0.391 e. The van der Waals surface area contributed by atoms with Gasteiger partial charge in [0, 0.05) is 11.0 Å². The maximum Gasteiger partial charge on any atom is 0.245 e. The Morgan fingerprint density at radius 2 is 1.50 bits per heavy atom. The summed E-state index contributed by atoms with van der Waals surface area (Å²) in [4.78, 5) is 23.8. The van der Waals surface area contributed by atoms with Crippen molar-refractivity contribution in [2.75, 3.05) is 0 Å². The fraction of sp³-hybridized carbons (Fsp3) is 0.846. The van der Waals surface area contributed by atoms with E-state index in [1.165, 1.54) is 6.92 Å². The van der Waals surface area contributed by atoms with Crippen LogP contribution in [0.5, 0.6) is 0 Å². The molecule has 18 heavy (non-hydrogen) atoms. The van der Waals surface area contributed by atoms with Crippen LogP contribution in [0.2, 0.25) is 0 Å². The first kappa shape index (κ1) is 16.9. The number of aliphatic hydroxyl groups excluding tert-OH is 1. The van der Waals surface area contributed by atoms with Crippen molar-refractivity contribution in [2.45, 2.75) is 66.2 Å². The van der Waals surface area contributed by atoms with Gasteiger partial charge in [0.15, 0.2) is 0 Å². The highest BCUT2D eigenvalue weighted by Gasteiger charge is 2.31. The van der Waals surface area contributed by atoms with Crippen molar-refractivity contribution in [3.05, 3.63) is 0 Å². The zero-order valence-electron chi connectivity index (χ0n) is 12.4. The molecular weight excluding hydrogens is 232 g/mol. The van der Waals surface area contributed by atoms with Crippen LogP contribution in [0.25, 0.3) is 0 Å². The van der Waals surface area contributed by atoms with Crippen LogP contribution in [-0.4, -0.2) is 34.6 Å². The number of hydrogen-bond acceptors (Lipinski definition) is 3. The van der Waals surface area contributed by atoms with Gasteiger partial charge in [-0.15, -0.1) is 0 Å². The van der Waals surface area contributed by atoms with Gasteiger partial charge in [0.1, 0.15) is 6.04 Å². The van der Waals surface area contributed by atoms with Crippen molar-refractivity contribution in [3.8, 4) is 0 Å². The predicted octanol–water partition coefficient (Wildman–Crippen LogP) is 0.813. The smallest absolute Gasteiger partial charge is 0.245 e. The van der Waals surface area contributed by atoms with Crippen LogP contribution < -0.4 is 10.6 Å². The Bertz CT molecular complexity index is 311. The summed E-state index contributed by atoms with van der Waals surface area (Å²) in [6.07, 6.45) is -0.946. The first-order chi connectivity index (χ1) is 7.84. The van der Waals surface area contributed by atoms with Gasteiger partial charge in [-0.2, -0.15) is 0 Å². The third-order valence-corrected chi connectivity index (χ3v) is 2.23. The molecule has 2 atom stereocenters. The molecule has 0 aliphatic heterocycles. The standard InChI is InChI=1S/C13H26N2O3/c1-8(16)9(10(17)15-13(5,6)7)14-11(18)12(2,3)4/h8-9,16H,1-7H3,(H,14,18)(H,15,17)/t8-,9?/m1/s1. The Balaban J connectivity index is 4.79. The summed E-state index contributed by atoms with van der Waals surface area (Å²) in [5.74, 6) is -0.646. The van der Waals surface area contributed by atoms with E-state index in [4.69, 9.17) is 0 Å². The molecule has 5 nitrogen and oxygen atoms in total. The zero-order valence-corrected chi connectivity index (χ0v) is 12.4. The second-order valence-electron chi connectivity index (χ2n) is 6.68. The summed E-state index contributed by atoms with van der Waals surface area (Å²) in [6, 6.07) is -0.934. The van der Waals surface area contributed by atoms with Crippen molar-refractivity contribution in [2.24, 2.45) is 5.41 Å². The molecule has 0 aromatic heterocycles. The quantitative estimate of drug-likeness (QED) is 0.701. The number of amides is 2. The van der Waals surface area contributed by atoms with E-state index >= 15 is 0 Å². The SMILES string of the molecule is C[C@@H](O)C(NC(=O)C(C)(C)C)C(=O)NC(C)(C)C. The largest absolute Gasteiger partial charge is 0.391 e. The Morgan fingerprint density at radius 1 is 1.06 bits per heavy atom. The maximum atomic E-state index is 12.0. The lowest BCUT2D eigenvalue weighted by atomic mass is 9.94. The van der Waals surface area contributed by atoms with Gasteiger partial charge in [-0.3, -0.25) is 9.59 Å². The topological polar surface area (TPSA) is 78.4 Å². The van der Waals surface area contributed by atoms with Crippen LogP contribution in [0, 0.1) is 5.41 Å². The average Bonchev–Trinajstić information content (AvgIpc) is 2.07. The van der Waals surface area contributed by atoms with Crippen molar-refractivity contribution < 1.29 is 14.7 Å². The van der Waals surface area contributed by atoms with Crippen molar-refractivity contribution in [1.82, 2.24) is 10.6 Å². The average molecular weight is 258 g/mol. The fourth-order valence-corrected chi connectivity index (χ4v) is 1.21. The lowest BCUT2D eigenvalue weighted by Crippen LogP contribution is -2.57. The molecule has 0 aliphatic carbocycles. The minimum absolute atomic E-state index is 0.266. The highest BCUT2D eigenvalue weighted by Crippen LogP contribution is 2.13. The van der Waals surface area contributed by atoms with E-state index in [9.17, 15) is 14.7 Å². The minimum atomic E-state index is -0.946. The molecule has 0 saturated carbocycles. The van der Waals surface area contributed by atoms with Crippen LogP contribution in [0.4, 0.5) is 0 Å². The molecule has 0 heterocycles. The molecule has 3 N–H and O–H groups in total. The Labute approximate surface area is 109 Å². The summed E-state index contributed by atoms with van der Waals surface area (Å²) in [7, 11) is 0. The van der Waals surface area contributed by atoms with Gasteiger partial charge >= 0.3 is 0 Å². The molecule has 0 aromatic carbocycles. The van der Waals surface area contributed by atoms with Crippen LogP contribution >= 0.6 is 0 Å². The first-order valence-electron chi connectivity index (χ1n) is 6.15. The lowest BCUT2D eigenvalue weighted by Gasteiger charge is -2.29. The molecule has 5 heteroatoms. The van der Waals surface area contributed by atoms with Crippen LogP contribution in [0.15, 0.2) is 0 Å². The molecule has 0 rings (SSSR count). The third-order valence-electron chi connectivity index (χ3n) is 2.23. The van der Waals surface area contributed by atoms with Crippen molar-refractivity contribution in [3.63, 3.8) is 0 Å². The molecule has 1 unspecified atom stereocenters. The van der Waals surface area contributed by atoms with E-state index in [1.807, 2.05) is 20.8 Å². The van der Waals surface area contributed by atoms with Crippen LogP contribution in [0.1, 0.15) is 48.5 Å². The molecule has 0 radical (unpaired) electrons. The molecule has 0 fully saturated rings. The molecule has 0 aliphatic rings. The Morgan fingerprint density at radius 3 is 1.78 bits per heavy atom. The lowest BCUT2D eigenvalue weighted by molar-refractivity contribution is -0.136. The Hall–Kier alpha value is -1.10. The Kier molecular flexibility index (Phi) is 5.35. The van der Waals surface area contributed by atoms with E-state index < -0.39 is 23.1 Å². The van der Waals surface area contributed by atoms with Gasteiger partial charge in [-0.1, -0.05) is 20.8 Å². The molecule has 2 amide bonds. The number of hydrogen-bond donors (Lipinski definition) is 3. The number of rotatable bonds is 3. The molecule has 106 valence electrons. The summed E-state index contributed by atoms with van der Waals surface area (Å²) in [6.45, 7) is 12.3. The fourth-order valence-electron chi connectivity index (χ4n) is 1.21.